The van der Waals surface area contributed by atoms with Gasteiger partial charge in [0, 0.05) is 39.5 Å². The smallest absolute Gasteiger partial charge is 0.343 e. The van der Waals surface area contributed by atoms with Crippen LogP contribution in [0.4, 0.5) is 0 Å². The van der Waals surface area contributed by atoms with Gasteiger partial charge < -0.3 is 34.2 Å². The van der Waals surface area contributed by atoms with Gasteiger partial charge in [-0.25, -0.2) is 24.2 Å². The molecule has 7 rings (SSSR count). The van der Waals surface area contributed by atoms with Crippen LogP contribution < -0.4 is 16.0 Å². The van der Waals surface area contributed by atoms with Crippen molar-refractivity contribution < 1.29 is 47.7 Å². The average molecular weight is 845 g/mol. The molecular weight excluding hydrogens is 805 g/mol. The monoisotopic (exact) mass is 844 g/mol. The van der Waals surface area contributed by atoms with Crippen LogP contribution in [0.1, 0.15) is 73.0 Å². The first-order valence-electron chi connectivity index (χ1n) is 19.6. The molecule has 5 aromatic rings. The van der Waals surface area contributed by atoms with Gasteiger partial charge in [0.1, 0.15) is 5.57 Å². The first-order valence-corrected chi connectivity index (χ1v) is 19.6. The Morgan fingerprint density at radius 1 is 0.540 bits per heavy atom. The van der Waals surface area contributed by atoms with Crippen LogP contribution in [0.15, 0.2) is 138 Å². The Morgan fingerprint density at radius 2 is 1.02 bits per heavy atom. The number of rotatable bonds is 12. The van der Waals surface area contributed by atoms with E-state index in [1.54, 1.807) is 97.9 Å². The van der Waals surface area contributed by atoms with E-state index < -0.39 is 29.7 Å². The molecule has 2 aliphatic heterocycles. The maximum absolute atomic E-state index is 12.9. The topological polar surface area (TPSA) is 195 Å². The second-order valence-corrected chi connectivity index (χ2v) is 14.0. The Bertz CT molecular complexity index is 2980. The number of Topliss-reactive ketones (excluding diaryl/α,β-unsaturated/α-hetero) is 1. The fourth-order valence-electron chi connectivity index (χ4n) is 7.19. The standard InChI is InChI=1S/C49H40N4O10/c1-6-63-49(59)42(27(2)54)34-19-20-35(50-34)43(28-7-13-31(14-8-28)46(56)60-3)36-21-22-37(51-36)44(29-9-15-32(16-10-29)47(57)61-4)38-23-24-39(52-38)45(40-25-26-41(55)53-40)30-11-17-33(18-12-30)48(58)62-5/h7-26,50,52H,6H2,1-5H3,(H,53,55)/b42-34-,43-35-,44-37-,45-40-. The molecule has 0 unspecified atom stereocenters. The zero-order valence-corrected chi connectivity index (χ0v) is 34.8. The number of methoxy groups -OCH3 is 3. The summed E-state index contributed by atoms with van der Waals surface area (Å²) in [5, 5.41) is 3.65. The summed E-state index contributed by atoms with van der Waals surface area (Å²) in [5.41, 5.74) is 7.59. The molecule has 3 N–H and O–H groups in total. The van der Waals surface area contributed by atoms with E-state index in [0.29, 0.717) is 83.9 Å². The van der Waals surface area contributed by atoms with Crippen molar-refractivity contribution in [2.45, 2.75) is 13.8 Å². The highest BCUT2D eigenvalue weighted by molar-refractivity contribution is 6.38. The second kappa shape index (κ2) is 18.5. The molecule has 63 heavy (non-hydrogen) atoms. The molecule has 0 bridgehead atoms. The largest absolute Gasteiger partial charge is 0.465 e. The van der Waals surface area contributed by atoms with E-state index in [1.165, 1.54) is 34.3 Å². The Kier molecular flexibility index (Phi) is 12.5. The second-order valence-electron chi connectivity index (χ2n) is 14.0. The molecule has 2 aromatic heterocycles. The number of aromatic nitrogens is 2. The molecule has 0 spiro atoms. The van der Waals surface area contributed by atoms with E-state index in [9.17, 15) is 28.8 Å². The van der Waals surface area contributed by atoms with E-state index in [4.69, 9.17) is 23.9 Å². The number of ketones is 1. The van der Waals surface area contributed by atoms with Crippen molar-refractivity contribution in [2.75, 3.05) is 27.9 Å². The van der Waals surface area contributed by atoms with Gasteiger partial charge in [-0.3, -0.25) is 9.59 Å². The molecule has 1 amide bonds. The van der Waals surface area contributed by atoms with Gasteiger partial charge in [0.2, 0.25) is 5.91 Å². The van der Waals surface area contributed by atoms with Crippen molar-refractivity contribution in [3.8, 4) is 0 Å². The molecule has 14 heteroatoms. The van der Waals surface area contributed by atoms with Crippen LogP contribution in [0.2, 0.25) is 0 Å². The quantitative estimate of drug-likeness (QED) is 0.0862. The summed E-state index contributed by atoms with van der Waals surface area (Å²) in [5.74, 6) is -3.04. The van der Waals surface area contributed by atoms with Crippen LogP contribution >= 0.6 is 0 Å². The highest BCUT2D eigenvalue weighted by atomic mass is 16.5. The van der Waals surface area contributed by atoms with Crippen LogP contribution in [0.5, 0.6) is 0 Å². The SMILES string of the molecule is CCOC(=O)/C(C(C)=O)=c1/cc/c(=C(C2=N/C(=C(/c3ccc(C(=O)OC)cc3)c3ccc(/C(=C4/C=CC(=O)N4)c4ccc(C(=O)OC)cc4)[nH]3)C=C2)\c2ccc(C(=O)OC)cc2)[nH]1. The van der Waals surface area contributed by atoms with Crippen molar-refractivity contribution in [3.05, 3.63) is 188 Å². The number of benzene rings is 3. The average Bonchev–Trinajstić information content (AvgIpc) is 4.15. The number of aliphatic imine (C=N–C) groups is 1. The lowest BCUT2D eigenvalue weighted by atomic mass is 9.99. The summed E-state index contributed by atoms with van der Waals surface area (Å²) in [6.45, 7) is 3.02. The molecular formula is C49H40N4O10. The van der Waals surface area contributed by atoms with Crippen molar-refractivity contribution in [1.29, 1.82) is 0 Å². The summed E-state index contributed by atoms with van der Waals surface area (Å²) in [6.07, 6.45) is 6.77. The van der Waals surface area contributed by atoms with Crippen molar-refractivity contribution in [1.82, 2.24) is 15.3 Å². The van der Waals surface area contributed by atoms with Gasteiger partial charge in [-0.05, 0) is 109 Å². The third-order valence-electron chi connectivity index (χ3n) is 10.1. The molecule has 0 aliphatic carbocycles. The summed E-state index contributed by atoms with van der Waals surface area (Å²) < 4.78 is 19.9. The Labute approximate surface area is 360 Å². The molecule has 3 aromatic carbocycles. The number of allylic oxidation sites excluding steroid dienone is 3. The van der Waals surface area contributed by atoms with Gasteiger partial charge in [0.05, 0.1) is 67.1 Å². The van der Waals surface area contributed by atoms with E-state index in [0.717, 1.165) is 0 Å². The highest BCUT2D eigenvalue weighted by Crippen LogP contribution is 2.35. The number of carbonyl (C=O) groups is 6. The third kappa shape index (κ3) is 8.91. The van der Waals surface area contributed by atoms with E-state index in [2.05, 4.69) is 15.3 Å². The van der Waals surface area contributed by atoms with Crippen molar-refractivity contribution in [2.24, 2.45) is 4.99 Å². The maximum atomic E-state index is 12.9. The van der Waals surface area contributed by atoms with Crippen LogP contribution in [0, 0.1) is 0 Å². The van der Waals surface area contributed by atoms with Gasteiger partial charge >= 0.3 is 23.9 Å². The number of nitrogens with one attached hydrogen (secondary N) is 3. The van der Waals surface area contributed by atoms with E-state index in [1.807, 2.05) is 24.3 Å². The Morgan fingerprint density at radius 3 is 1.49 bits per heavy atom. The number of H-pyrrole nitrogens is 2. The van der Waals surface area contributed by atoms with E-state index in [-0.39, 0.29) is 23.4 Å². The lowest BCUT2D eigenvalue weighted by molar-refractivity contribution is -0.137. The predicted octanol–water partition coefficient (Wildman–Crippen LogP) is 5.12. The minimum Gasteiger partial charge on any atom is -0.465 e. The summed E-state index contributed by atoms with van der Waals surface area (Å²) >= 11 is 0. The number of amides is 1. The number of esters is 4. The molecule has 316 valence electrons. The van der Waals surface area contributed by atoms with Gasteiger partial charge in [0.25, 0.3) is 0 Å². The molecule has 0 fully saturated rings. The highest BCUT2D eigenvalue weighted by Gasteiger charge is 2.24. The van der Waals surface area contributed by atoms with Crippen LogP contribution in [0.3, 0.4) is 0 Å². The molecule has 0 atom stereocenters. The number of aromatic amines is 2. The Hall–Kier alpha value is -8.39. The zero-order chi connectivity index (χ0) is 44.8. The molecule has 0 saturated carbocycles. The third-order valence-corrected chi connectivity index (χ3v) is 10.1. The predicted molar refractivity (Wildman–Crippen MR) is 233 cm³/mol. The Balaban J connectivity index is 1.44. The normalized spacial score (nSPS) is 15.5. The van der Waals surface area contributed by atoms with Crippen LogP contribution in [-0.4, -0.2) is 79.2 Å². The van der Waals surface area contributed by atoms with Crippen LogP contribution in [-0.2, 0) is 33.3 Å². The molecule has 14 nitrogen and oxygen atoms in total. The molecule has 4 heterocycles. The zero-order valence-electron chi connectivity index (χ0n) is 34.8. The minimum absolute atomic E-state index is 0.0797. The lowest BCUT2D eigenvalue weighted by Gasteiger charge is -2.13. The van der Waals surface area contributed by atoms with Gasteiger partial charge in [-0.2, -0.15) is 0 Å². The van der Waals surface area contributed by atoms with Crippen LogP contribution in [0.25, 0.3) is 22.3 Å². The number of nitrogens with zero attached hydrogens (tertiary/aromatic N) is 1. The van der Waals surface area contributed by atoms with Gasteiger partial charge in [-0.1, -0.05) is 36.4 Å². The molecule has 2 aliphatic rings. The fraction of sp³-hybridized carbons (Fsp3) is 0.122. The first-order chi connectivity index (χ1) is 30.4. The maximum Gasteiger partial charge on any atom is 0.343 e. The number of hydrogen-bond acceptors (Lipinski definition) is 11. The molecule has 0 radical (unpaired) electrons. The molecule has 0 saturated heterocycles. The van der Waals surface area contributed by atoms with E-state index >= 15 is 0 Å². The lowest BCUT2D eigenvalue weighted by Crippen LogP contribution is -2.25. The fourth-order valence-corrected chi connectivity index (χ4v) is 7.19. The van der Waals surface area contributed by atoms with Crippen molar-refractivity contribution >= 4 is 63.6 Å². The summed E-state index contributed by atoms with van der Waals surface area (Å²) in [6, 6.07) is 27.5. The van der Waals surface area contributed by atoms with Gasteiger partial charge in [-0.15, -0.1) is 0 Å². The minimum atomic E-state index is -0.762. The number of carbonyl (C=O) groups excluding carboxylic acids is 6. The first kappa shape index (κ1) is 42.7. The van der Waals surface area contributed by atoms with Gasteiger partial charge in [0.15, 0.2) is 5.78 Å². The number of ether oxygens (including phenoxy) is 4. The summed E-state index contributed by atoms with van der Waals surface area (Å²) in [4.78, 5) is 87.0. The number of hydrogen-bond donors (Lipinski definition) is 3. The summed E-state index contributed by atoms with van der Waals surface area (Å²) in [7, 11) is 3.91. The van der Waals surface area contributed by atoms with Crippen molar-refractivity contribution in [3.63, 3.8) is 0 Å².